The molecule has 0 unspecified atom stereocenters. The van der Waals surface area contributed by atoms with Crippen molar-refractivity contribution in [2.75, 3.05) is 5.33 Å². The van der Waals surface area contributed by atoms with E-state index in [1.165, 1.54) is 0 Å². The number of rotatable bonds is 4. The summed E-state index contributed by atoms with van der Waals surface area (Å²) in [6, 6.07) is 1.85. The van der Waals surface area contributed by atoms with Gasteiger partial charge in [-0.15, -0.1) is 0 Å². The summed E-state index contributed by atoms with van der Waals surface area (Å²) in [4.78, 5) is 21.2. The zero-order chi connectivity index (χ0) is 15.7. The first-order chi connectivity index (χ1) is 9.00. The Labute approximate surface area is 119 Å². The van der Waals surface area contributed by atoms with Crippen LogP contribution < -0.4 is 0 Å². The van der Waals surface area contributed by atoms with Crippen molar-refractivity contribution >= 4 is 27.4 Å². The van der Waals surface area contributed by atoms with Gasteiger partial charge < -0.3 is 5.11 Å². The first-order valence-electron chi connectivity index (χ1n) is 5.19. The fraction of sp³-hybridized carbons (Fsp3) is 0.364. The maximum absolute atomic E-state index is 12.7. The van der Waals surface area contributed by atoms with Gasteiger partial charge in [0.1, 0.15) is 11.2 Å². The van der Waals surface area contributed by atoms with Crippen molar-refractivity contribution in [3.8, 4) is 0 Å². The fourth-order valence-corrected chi connectivity index (χ4v) is 1.69. The van der Waals surface area contributed by atoms with E-state index in [0.29, 0.717) is 12.1 Å². The van der Waals surface area contributed by atoms with Crippen LogP contribution in [0.3, 0.4) is 0 Å². The Morgan fingerprint density at radius 2 is 2.00 bits per heavy atom. The van der Waals surface area contributed by atoms with Crippen molar-refractivity contribution in [3.63, 3.8) is 0 Å². The normalized spacial score (nSPS) is 14.7. The minimum Gasteiger partial charge on any atom is -0.381 e. The summed E-state index contributed by atoms with van der Waals surface area (Å²) in [6.07, 6.45) is -4.97. The van der Waals surface area contributed by atoms with E-state index in [0.717, 1.165) is 13.0 Å². The number of nitro benzene ring substituents is 1. The van der Waals surface area contributed by atoms with E-state index in [1.54, 1.807) is 0 Å². The van der Waals surface area contributed by atoms with Gasteiger partial charge in [-0.2, -0.15) is 13.2 Å². The zero-order valence-electron chi connectivity index (χ0n) is 10.1. The van der Waals surface area contributed by atoms with Crippen molar-refractivity contribution in [3.05, 3.63) is 39.4 Å². The fourth-order valence-electron chi connectivity index (χ4n) is 1.44. The first kappa shape index (κ1) is 16.6. The number of carbonyl (C=O) groups is 1. The maximum atomic E-state index is 12.7. The van der Waals surface area contributed by atoms with Gasteiger partial charge in [-0.25, -0.2) is 0 Å². The van der Waals surface area contributed by atoms with Crippen molar-refractivity contribution in [1.29, 1.82) is 0 Å². The van der Waals surface area contributed by atoms with Crippen LogP contribution in [0, 0.1) is 10.1 Å². The minimum absolute atomic E-state index is 0.183. The minimum atomic E-state index is -4.97. The summed E-state index contributed by atoms with van der Waals surface area (Å²) in [5, 5.41) is 20.1. The van der Waals surface area contributed by atoms with E-state index >= 15 is 0 Å². The van der Waals surface area contributed by atoms with Crippen LogP contribution in [0.1, 0.15) is 22.8 Å². The number of hydrogen-bond acceptors (Lipinski definition) is 4. The Morgan fingerprint density at radius 3 is 2.40 bits per heavy atom. The van der Waals surface area contributed by atoms with E-state index in [-0.39, 0.29) is 5.33 Å². The number of Topliss-reactive ketones (excluding diaryl/α,β-unsaturated/α-hetero) is 1. The predicted molar refractivity (Wildman–Crippen MR) is 66.8 cm³/mol. The van der Waals surface area contributed by atoms with E-state index in [2.05, 4.69) is 15.9 Å². The van der Waals surface area contributed by atoms with Gasteiger partial charge in [-0.3, -0.25) is 14.9 Å². The van der Waals surface area contributed by atoms with E-state index in [9.17, 15) is 33.2 Å². The van der Waals surface area contributed by atoms with Gasteiger partial charge in [0.2, 0.25) is 0 Å². The lowest BCUT2D eigenvalue weighted by Gasteiger charge is -2.19. The van der Waals surface area contributed by atoms with Crippen LogP contribution >= 0.6 is 15.9 Å². The number of aliphatic hydroxyl groups is 1. The molecule has 0 aromatic heterocycles. The number of alkyl halides is 4. The molecule has 0 fully saturated rings. The molecule has 0 saturated carbocycles. The van der Waals surface area contributed by atoms with Crippen molar-refractivity contribution < 1.29 is 28.0 Å². The molecule has 0 saturated heterocycles. The van der Waals surface area contributed by atoms with Crippen LogP contribution in [0.25, 0.3) is 0 Å². The largest absolute Gasteiger partial charge is 0.423 e. The lowest BCUT2D eigenvalue weighted by molar-refractivity contribution is -0.388. The summed E-state index contributed by atoms with van der Waals surface area (Å²) >= 11 is 2.86. The quantitative estimate of drug-likeness (QED) is 0.389. The molecule has 1 N–H and O–H groups in total. The Kier molecular flexibility index (Phi) is 4.55. The molecule has 0 radical (unpaired) electrons. The molecular weight excluding hydrogens is 347 g/mol. The molecule has 0 spiro atoms. The highest BCUT2D eigenvalue weighted by molar-refractivity contribution is 9.09. The van der Waals surface area contributed by atoms with Crippen molar-refractivity contribution in [2.45, 2.75) is 18.7 Å². The summed E-state index contributed by atoms with van der Waals surface area (Å²) in [5.41, 5.74) is -5.03. The van der Waals surface area contributed by atoms with E-state index < -0.39 is 39.3 Å². The predicted octanol–water partition coefficient (Wildman–Crippen LogP) is 2.94. The zero-order valence-corrected chi connectivity index (χ0v) is 11.7. The molecule has 0 heterocycles. The van der Waals surface area contributed by atoms with Crippen LogP contribution in [0.15, 0.2) is 18.2 Å². The molecule has 0 amide bonds. The number of carbonyl (C=O) groups excluding carboxylic acids is 1. The molecule has 110 valence electrons. The van der Waals surface area contributed by atoms with Crippen LogP contribution in [0.2, 0.25) is 0 Å². The van der Waals surface area contributed by atoms with Gasteiger partial charge in [-0.1, -0.05) is 15.9 Å². The molecule has 0 aliphatic heterocycles. The Hall–Kier alpha value is -1.48. The standard InChI is InChI=1S/C11H9BrF3NO4/c1-10(18,5-12)9(17)6-2-3-8(16(19)20)7(4-6)11(13,14)15/h2-4,18H,5H2,1H3/t10-/m0/s1. The summed E-state index contributed by atoms with van der Waals surface area (Å²) in [5.74, 6) is -0.963. The molecule has 0 bridgehead atoms. The first-order valence-corrected chi connectivity index (χ1v) is 6.31. The molecule has 1 atom stereocenters. The molecule has 1 aromatic carbocycles. The molecule has 0 aliphatic carbocycles. The third-order valence-electron chi connectivity index (χ3n) is 2.51. The van der Waals surface area contributed by atoms with Crippen LogP contribution in [0.4, 0.5) is 18.9 Å². The van der Waals surface area contributed by atoms with Crippen LogP contribution in [0.5, 0.6) is 0 Å². The molecule has 9 heteroatoms. The topological polar surface area (TPSA) is 80.4 Å². The smallest absolute Gasteiger partial charge is 0.381 e. The average molecular weight is 356 g/mol. The van der Waals surface area contributed by atoms with Gasteiger partial charge in [-0.05, 0) is 19.1 Å². The highest BCUT2D eigenvalue weighted by atomic mass is 79.9. The number of halogens is 4. The number of nitrogens with zero attached hydrogens (tertiary/aromatic N) is 1. The van der Waals surface area contributed by atoms with Crippen LogP contribution in [-0.2, 0) is 6.18 Å². The Bertz CT molecular complexity index is 557. The third kappa shape index (κ3) is 3.34. The molecule has 1 aromatic rings. The molecule has 0 aliphatic rings. The Balaban J connectivity index is 3.41. The second-order valence-electron chi connectivity index (χ2n) is 4.22. The molecular formula is C11H9BrF3NO4. The highest BCUT2D eigenvalue weighted by Crippen LogP contribution is 2.37. The van der Waals surface area contributed by atoms with Gasteiger partial charge in [0.05, 0.1) is 4.92 Å². The van der Waals surface area contributed by atoms with Gasteiger partial charge in [0.25, 0.3) is 5.69 Å². The SMILES string of the molecule is C[C@](O)(CBr)C(=O)c1ccc([N+](=O)[O-])c(C(F)(F)F)c1. The van der Waals surface area contributed by atoms with Crippen LogP contribution in [-0.4, -0.2) is 26.7 Å². The Morgan fingerprint density at radius 1 is 1.45 bits per heavy atom. The van der Waals surface area contributed by atoms with Gasteiger partial charge in [0.15, 0.2) is 5.78 Å². The lowest BCUT2D eigenvalue weighted by atomic mass is 9.95. The molecule has 20 heavy (non-hydrogen) atoms. The van der Waals surface area contributed by atoms with E-state index in [1.807, 2.05) is 0 Å². The molecule has 1 rings (SSSR count). The van der Waals surface area contributed by atoms with Crippen molar-refractivity contribution in [1.82, 2.24) is 0 Å². The van der Waals surface area contributed by atoms with Gasteiger partial charge >= 0.3 is 6.18 Å². The number of benzene rings is 1. The number of hydrogen-bond donors (Lipinski definition) is 1. The average Bonchev–Trinajstić information content (AvgIpc) is 2.35. The number of nitro groups is 1. The summed E-state index contributed by atoms with van der Waals surface area (Å²) in [7, 11) is 0. The van der Waals surface area contributed by atoms with E-state index in [4.69, 9.17) is 0 Å². The second kappa shape index (κ2) is 5.49. The number of ketones is 1. The lowest BCUT2D eigenvalue weighted by Crippen LogP contribution is -2.37. The van der Waals surface area contributed by atoms with Gasteiger partial charge in [0, 0.05) is 17.0 Å². The summed E-state index contributed by atoms with van der Waals surface area (Å²) in [6.45, 7) is 1.12. The summed E-state index contributed by atoms with van der Waals surface area (Å²) < 4.78 is 38.2. The maximum Gasteiger partial charge on any atom is 0.423 e. The van der Waals surface area contributed by atoms with Crippen molar-refractivity contribution in [2.24, 2.45) is 0 Å². The second-order valence-corrected chi connectivity index (χ2v) is 4.78. The highest BCUT2D eigenvalue weighted by Gasteiger charge is 2.40. The third-order valence-corrected chi connectivity index (χ3v) is 3.60. The molecule has 5 nitrogen and oxygen atoms in total. The monoisotopic (exact) mass is 355 g/mol.